The molecule has 0 fully saturated rings. The van der Waals surface area contributed by atoms with Gasteiger partial charge in [0.25, 0.3) is 5.91 Å². The van der Waals surface area contributed by atoms with Crippen LogP contribution in [0.15, 0.2) is 0 Å². The van der Waals surface area contributed by atoms with E-state index in [1.54, 1.807) is 13.8 Å². The van der Waals surface area contributed by atoms with Crippen LogP contribution in [0.2, 0.25) is 0 Å². The number of nitrogens with one attached hydrogen (secondary N) is 1. The zero-order chi connectivity index (χ0) is 18.0. The maximum atomic E-state index is 11.9. The van der Waals surface area contributed by atoms with E-state index in [2.05, 4.69) is 5.32 Å². The number of nitrogens with zero attached hydrogens (tertiary/aromatic N) is 1. The average molecular weight is 334 g/mol. The summed E-state index contributed by atoms with van der Waals surface area (Å²) in [5.41, 5.74) is -1.03. The molecule has 0 saturated carbocycles. The number of aliphatic carboxylic acids is 1. The molecule has 0 unspecified atom stereocenters. The van der Waals surface area contributed by atoms with Crippen LogP contribution in [0.3, 0.4) is 0 Å². The number of carboxylic acids is 1. The van der Waals surface area contributed by atoms with E-state index < -0.39 is 36.9 Å². The number of hydrogen-bond acceptors (Lipinski definition) is 6. The Labute approximate surface area is 135 Å². The normalized spacial score (nSPS) is 11.4. The Bertz CT molecular complexity index is 410. The summed E-state index contributed by atoms with van der Waals surface area (Å²) >= 11 is 0. The third kappa shape index (κ3) is 9.11. The van der Waals surface area contributed by atoms with Gasteiger partial charge in [-0.3, -0.25) is 14.4 Å². The third-order valence-electron chi connectivity index (χ3n) is 2.90. The molecule has 4 N–H and O–H groups in total. The fourth-order valence-electron chi connectivity index (χ4n) is 1.69. The summed E-state index contributed by atoms with van der Waals surface area (Å²) in [6.07, 6.45) is -1.22. The molecule has 0 aromatic carbocycles. The van der Waals surface area contributed by atoms with Gasteiger partial charge in [0.15, 0.2) is 6.29 Å². The number of carbonyl (C=O) groups excluding carboxylic acids is 2. The van der Waals surface area contributed by atoms with Gasteiger partial charge in [0.05, 0.1) is 6.54 Å². The van der Waals surface area contributed by atoms with Crippen molar-refractivity contribution in [1.82, 2.24) is 10.2 Å². The van der Waals surface area contributed by atoms with Gasteiger partial charge < -0.3 is 30.3 Å². The summed E-state index contributed by atoms with van der Waals surface area (Å²) < 4.78 is 5.40. The van der Waals surface area contributed by atoms with Crippen molar-refractivity contribution in [3.8, 4) is 0 Å². The molecule has 0 radical (unpaired) electrons. The molecule has 23 heavy (non-hydrogen) atoms. The van der Waals surface area contributed by atoms with Crippen LogP contribution in [-0.2, 0) is 19.1 Å². The molecule has 2 amide bonds. The van der Waals surface area contributed by atoms with Crippen molar-refractivity contribution in [3.05, 3.63) is 0 Å². The number of ether oxygens (including phenoxy) is 1. The number of carbonyl (C=O) groups is 3. The Hall–Kier alpha value is -1.71. The fourth-order valence-corrected chi connectivity index (χ4v) is 1.69. The maximum Gasteiger partial charge on any atom is 0.323 e. The monoisotopic (exact) mass is 334 g/mol. The van der Waals surface area contributed by atoms with Crippen molar-refractivity contribution in [2.45, 2.75) is 45.5 Å². The summed E-state index contributed by atoms with van der Waals surface area (Å²) in [6, 6.07) is 0. The first-order chi connectivity index (χ1) is 10.6. The van der Waals surface area contributed by atoms with Crippen LogP contribution in [0.1, 0.15) is 33.6 Å². The fraction of sp³-hybridized carbons (Fsp3) is 0.786. The van der Waals surface area contributed by atoms with Crippen LogP contribution < -0.4 is 5.32 Å². The van der Waals surface area contributed by atoms with Gasteiger partial charge in [0.1, 0.15) is 12.1 Å². The Morgan fingerprint density at radius 1 is 1.26 bits per heavy atom. The van der Waals surface area contributed by atoms with Gasteiger partial charge in [-0.2, -0.15) is 0 Å². The number of aliphatic hydroxyl groups excluding tert-OH is 1. The molecule has 9 nitrogen and oxygen atoms in total. The molecule has 9 heteroatoms. The second-order valence-corrected chi connectivity index (χ2v) is 5.51. The molecule has 0 aliphatic rings. The van der Waals surface area contributed by atoms with Gasteiger partial charge in [-0.1, -0.05) is 6.92 Å². The standard InChI is InChI=1S/C14H26N2O7/c1-4-7-23-14(2,3)13(22)15-6-5-10(17)16(8-11(18)19)9-12(20)21/h11,18-19H,4-9H2,1-3H3,(H,15,22)(H,20,21). The van der Waals surface area contributed by atoms with Crippen molar-refractivity contribution >= 4 is 17.8 Å². The zero-order valence-electron chi connectivity index (χ0n) is 13.7. The summed E-state index contributed by atoms with van der Waals surface area (Å²) in [4.78, 5) is 35.3. The van der Waals surface area contributed by atoms with E-state index in [9.17, 15) is 14.4 Å². The number of aliphatic hydroxyl groups is 2. The highest BCUT2D eigenvalue weighted by molar-refractivity contribution is 5.85. The van der Waals surface area contributed by atoms with Crippen LogP contribution in [0.5, 0.6) is 0 Å². The number of amides is 2. The van der Waals surface area contributed by atoms with Gasteiger partial charge in [-0.25, -0.2) is 0 Å². The molecule has 0 aliphatic heterocycles. The van der Waals surface area contributed by atoms with E-state index in [0.29, 0.717) is 6.61 Å². The Morgan fingerprint density at radius 2 is 1.87 bits per heavy atom. The molecule has 0 spiro atoms. The second kappa shape index (κ2) is 10.1. The summed E-state index contributed by atoms with van der Waals surface area (Å²) in [5.74, 6) is -2.25. The number of hydrogen-bond donors (Lipinski definition) is 4. The first-order valence-corrected chi connectivity index (χ1v) is 7.38. The highest BCUT2D eigenvalue weighted by Gasteiger charge is 2.28. The lowest BCUT2D eigenvalue weighted by atomic mass is 10.1. The summed E-state index contributed by atoms with van der Waals surface area (Å²) in [5, 5.41) is 29.0. The third-order valence-corrected chi connectivity index (χ3v) is 2.90. The van der Waals surface area contributed by atoms with Crippen LogP contribution in [-0.4, -0.2) is 76.1 Å². The van der Waals surface area contributed by atoms with E-state index in [1.165, 1.54) is 0 Å². The second-order valence-electron chi connectivity index (χ2n) is 5.51. The molecule has 0 saturated heterocycles. The molecule has 134 valence electrons. The lowest BCUT2D eigenvalue weighted by Gasteiger charge is -2.25. The summed E-state index contributed by atoms with van der Waals surface area (Å²) in [6.45, 7) is 4.41. The lowest BCUT2D eigenvalue weighted by Crippen LogP contribution is -2.46. The number of carboxylic acid groups (broad SMARTS) is 1. The lowest BCUT2D eigenvalue weighted by molar-refractivity contribution is -0.149. The van der Waals surface area contributed by atoms with Gasteiger partial charge in [0.2, 0.25) is 5.91 Å². The Kier molecular flexibility index (Phi) is 9.38. The highest BCUT2D eigenvalue weighted by atomic mass is 16.5. The van der Waals surface area contributed by atoms with Crippen LogP contribution in [0.25, 0.3) is 0 Å². The van der Waals surface area contributed by atoms with Crippen molar-refractivity contribution in [2.24, 2.45) is 0 Å². The Balaban J connectivity index is 4.39. The summed E-state index contributed by atoms with van der Waals surface area (Å²) in [7, 11) is 0. The van der Waals surface area contributed by atoms with Gasteiger partial charge in [-0.05, 0) is 20.3 Å². The molecule has 0 bridgehead atoms. The van der Waals surface area contributed by atoms with E-state index in [1.807, 2.05) is 6.92 Å². The zero-order valence-corrected chi connectivity index (χ0v) is 13.7. The van der Waals surface area contributed by atoms with E-state index in [-0.39, 0.29) is 18.9 Å². The molecule has 0 aromatic rings. The van der Waals surface area contributed by atoms with Crippen LogP contribution in [0.4, 0.5) is 0 Å². The first kappa shape index (κ1) is 21.3. The molecule has 0 aromatic heterocycles. The van der Waals surface area contributed by atoms with Crippen molar-refractivity contribution < 1.29 is 34.4 Å². The largest absolute Gasteiger partial charge is 0.480 e. The highest BCUT2D eigenvalue weighted by Crippen LogP contribution is 2.09. The van der Waals surface area contributed by atoms with Crippen molar-refractivity contribution in [2.75, 3.05) is 26.2 Å². The quantitative estimate of drug-likeness (QED) is 0.353. The molecular formula is C14H26N2O7. The SMILES string of the molecule is CCCOC(C)(C)C(=O)NCCC(=O)N(CC(=O)O)CC(O)O. The van der Waals surface area contributed by atoms with Gasteiger partial charge in [-0.15, -0.1) is 0 Å². The van der Waals surface area contributed by atoms with E-state index in [4.69, 9.17) is 20.1 Å². The van der Waals surface area contributed by atoms with Crippen molar-refractivity contribution in [3.63, 3.8) is 0 Å². The minimum atomic E-state index is -1.82. The molecule has 0 atom stereocenters. The van der Waals surface area contributed by atoms with E-state index in [0.717, 1.165) is 11.3 Å². The number of rotatable bonds is 11. The first-order valence-electron chi connectivity index (χ1n) is 7.38. The van der Waals surface area contributed by atoms with Crippen molar-refractivity contribution in [1.29, 1.82) is 0 Å². The van der Waals surface area contributed by atoms with Gasteiger partial charge in [0, 0.05) is 19.6 Å². The Morgan fingerprint density at radius 3 is 2.35 bits per heavy atom. The smallest absolute Gasteiger partial charge is 0.323 e. The van der Waals surface area contributed by atoms with Gasteiger partial charge >= 0.3 is 5.97 Å². The molecule has 0 rings (SSSR count). The predicted octanol–water partition coefficient (Wildman–Crippen LogP) is -1.08. The average Bonchev–Trinajstić information content (AvgIpc) is 2.43. The topological polar surface area (TPSA) is 136 Å². The molecule has 0 heterocycles. The molecule has 0 aliphatic carbocycles. The maximum absolute atomic E-state index is 11.9. The minimum absolute atomic E-state index is 0.00573. The minimum Gasteiger partial charge on any atom is -0.480 e. The molecular weight excluding hydrogens is 308 g/mol. The van der Waals surface area contributed by atoms with E-state index >= 15 is 0 Å². The van der Waals surface area contributed by atoms with Crippen LogP contribution >= 0.6 is 0 Å². The predicted molar refractivity (Wildman–Crippen MR) is 80.4 cm³/mol. The van der Waals surface area contributed by atoms with Crippen LogP contribution in [0, 0.1) is 0 Å².